The fraction of sp³-hybridized carbons (Fsp3) is 0.467. The zero-order valence-electron chi connectivity index (χ0n) is 12.2. The van der Waals surface area contributed by atoms with E-state index in [1.54, 1.807) is 6.33 Å². The summed E-state index contributed by atoms with van der Waals surface area (Å²) in [7, 11) is 1.96. The van der Waals surface area contributed by atoms with E-state index >= 15 is 0 Å². The molecule has 2 unspecified atom stereocenters. The highest BCUT2D eigenvalue weighted by Gasteiger charge is 2.17. The Bertz CT molecular complexity index is 535. The normalized spacial score (nSPS) is 14.2. The van der Waals surface area contributed by atoms with Crippen molar-refractivity contribution in [2.24, 2.45) is 7.05 Å². The van der Waals surface area contributed by atoms with E-state index in [0.29, 0.717) is 6.04 Å². The predicted octanol–water partition coefficient (Wildman–Crippen LogP) is 3.66. The van der Waals surface area contributed by atoms with Gasteiger partial charge in [-0.2, -0.15) is 0 Å². The van der Waals surface area contributed by atoms with Gasteiger partial charge in [0.2, 0.25) is 0 Å². The van der Waals surface area contributed by atoms with Crippen molar-refractivity contribution in [2.75, 3.05) is 0 Å². The minimum absolute atomic E-state index is 0.148. The summed E-state index contributed by atoms with van der Waals surface area (Å²) in [4.78, 5) is 0. The minimum atomic E-state index is 0.148. The van der Waals surface area contributed by atoms with Crippen LogP contribution in [0.3, 0.4) is 0 Å². The molecule has 2 aromatic rings. The third-order valence-corrected chi connectivity index (χ3v) is 3.69. The second kappa shape index (κ2) is 6.86. The summed E-state index contributed by atoms with van der Waals surface area (Å²) in [6.07, 6.45) is 3.92. The molecule has 1 N–H and O–H groups in total. The fourth-order valence-corrected chi connectivity index (χ4v) is 2.52. The zero-order valence-corrected chi connectivity index (χ0v) is 12.9. The summed E-state index contributed by atoms with van der Waals surface area (Å²) in [5.41, 5.74) is 1.25. The lowest BCUT2D eigenvalue weighted by Gasteiger charge is -2.23. The van der Waals surface area contributed by atoms with E-state index in [1.165, 1.54) is 5.56 Å². The van der Waals surface area contributed by atoms with E-state index in [0.717, 1.165) is 23.7 Å². The van der Waals surface area contributed by atoms with Crippen LogP contribution in [0.15, 0.2) is 30.6 Å². The van der Waals surface area contributed by atoms with Crippen LogP contribution in [0.4, 0.5) is 0 Å². The highest BCUT2D eigenvalue weighted by molar-refractivity contribution is 6.30. The molecule has 2 rings (SSSR count). The van der Waals surface area contributed by atoms with Gasteiger partial charge in [-0.05, 0) is 31.0 Å². The van der Waals surface area contributed by atoms with Gasteiger partial charge in [-0.3, -0.25) is 0 Å². The molecular weight excluding hydrogens is 272 g/mol. The number of benzene rings is 1. The van der Waals surface area contributed by atoms with E-state index in [-0.39, 0.29) is 6.04 Å². The summed E-state index contributed by atoms with van der Waals surface area (Å²) in [6, 6.07) is 8.49. The van der Waals surface area contributed by atoms with Crippen LogP contribution in [0.25, 0.3) is 0 Å². The maximum atomic E-state index is 5.96. The van der Waals surface area contributed by atoms with Crippen molar-refractivity contribution in [3.63, 3.8) is 0 Å². The largest absolute Gasteiger partial charge is 0.319 e. The van der Waals surface area contributed by atoms with Gasteiger partial charge in [0.15, 0.2) is 0 Å². The first-order valence-corrected chi connectivity index (χ1v) is 7.35. The molecule has 20 heavy (non-hydrogen) atoms. The third-order valence-electron chi connectivity index (χ3n) is 3.43. The van der Waals surface area contributed by atoms with Crippen molar-refractivity contribution < 1.29 is 0 Å². The SMILES string of the molecule is CCCC(NC(C)c1nncn1C)c1ccc(Cl)cc1. The molecule has 108 valence electrons. The van der Waals surface area contributed by atoms with Gasteiger partial charge in [-0.15, -0.1) is 10.2 Å². The van der Waals surface area contributed by atoms with E-state index in [4.69, 9.17) is 11.6 Å². The quantitative estimate of drug-likeness (QED) is 0.883. The van der Waals surface area contributed by atoms with Crippen molar-refractivity contribution in [3.8, 4) is 0 Å². The average Bonchev–Trinajstić information content (AvgIpc) is 2.85. The smallest absolute Gasteiger partial charge is 0.149 e. The van der Waals surface area contributed by atoms with E-state index < -0.39 is 0 Å². The Morgan fingerprint density at radius 3 is 2.55 bits per heavy atom. The van der Waals surface area contributed by atoms with Gasteiger partial charge in [0.05, 0.1) is 6.04 Å². The van der Waals surface area contributed by atoms with Gasteiger partial charge in [0.1, 0.15) is 12.2 Å². The zero-order chi connectivity index (χ0) is 14.5. The van der Waals surface area contributed by atoms with Crippen LogP contribution in [-0.2, 0) is 7.05 Å². The molecule has 0 amide bonds. The van der Waals surface area contributed by atoms with E-state index in [2.05, 4.69) is 41.5 Å². The third kappa shape index (κ3) is 3.58. The van der Waals surface area contributed by atoms with Gasteiger partial charge in [-0.25, -0.2) is 0 Å². The molecule has 1 aromatic carbocycles. The first-order valence-electron chi connectivity index (χ1n) is 6.97. The highest BCUT2D eigenvalue weighted by Crippen LogP contribution is 2.23. The second-order valence-electron chi connectivity index (χ2n) is 5.08. The Balaban J connectivity index is 2.13. The van der Waals surface area contributed by atoms with Crippen molar-refractivity contribution in [1.82, 2.24) is 20.1 Å². The fourth-order valence-electron chi connectivity index (χ4n) is 2.39. The summed E-state index contributed by atoms with van der Waals surface area (Å²) >= 11 is 5.96. The molecule has 0 saturated heterocycles. The number of nitrogens with zero attached hydrogens (tertiary/aromatic N) is 3. The molecule has 4 nitrogen and oxygen atoms in total. The molecule has 0 spiro atoms. The molecular formula is C15H21ClN4. The van der Waals surface area contributed by atoms with Crippen LogP contribution in [0.1, 0.15) is 50.2 Å². The molecule has 1 aromatic heterocycles. The van der Waals surface area contributed by atoms with Crippen LogP contribution in [0.5, 0.6) is 0 Å². The molecule has 2 atom stereocenters. The van der Waals surface area contributed by atoms with Crippen LogP contribution in [0, 0.1) is 0 Å². The van der Waals surface area contributed by atoms with Gasteiger partial charge >= 0.3 is 0 Å². The summed E-state index contributed by atoms with van der Waals surface area (Å²) in [5, 5.41) is 12.5. The summed E-state index contributed by atoms with van der Waals surface area (Å²) in [6.45, 7) is 4.31. The minimum Gasteiger partial charge on any atom is -0.319 e. The Morgan fingerprint density at radius 2 is 2.00 bits per heavy atom. The predicted molar refractivity (Wildman–Crippen MR) is 81.7 cm³/mol. The Hall–Kier alpha value is -1.39. The van der Waals surface area contributed by atoms with Crippen LogP contribution >= 0.6 is 11.6 Å². The number of rotatable bonds is 6. The molecule has 5 heteroatoms. The Kier molecular flexibility index (Phi) is 5.15. The highest BCUT2D eigenvalue weighted by atomic mass is 35.5. The monoisotopic (exact) mass is 292 g/mol. The number of aryl methyl sites for hydroxylation is 1. The number of hydrogen-bond donors (Lipinski definition) is 1. The topological polar surface area (TPSA) is 42.7 Å². The summed E-state index contributed by atoms with van der Waals surface area (Å²) in [5.74, 6) is 0.945. The molecule has 0 aliphatic heterocycles. The van der Waals surface area contributed by atoms with Crippen molar-refractivity contribution in [2.45, 2.75) is 38.8 Å². The molecule has 1 heterocycles. The van der Waals surface area contributed by atoms with Crippen LogP contribution < -0.4 is 5.32 Å². The number of nitrogens with one attached hydrogen (secondary N) is 1. The molecule has 0 radical (unpaired) electrons. The maximum absolute atomic E-state index is 5.96. The lowest BCUT2D eigenvalue weighted by molar-refractivity contribution is 0.421. The standard InChI is InChI=1S/C15H21ClN4/c1-4-5-14(12-6-8-13(16)9-7-12)18-11(2)15-19-17-10-20(15)3/h6-11,14,18H,4-5H2,1-3H3. The molecule has 0 bridgehead atoms. The number of halogens is 1. The molecule has 0 aliphatic rings. The van der Waals surface area contributed by atoms with Gasteiger partial charge in [-0.1, -0.05) is 37.1 Å². The maximum Gasteiger partial charge on any atom is 0.149 e. The number of aromatic nitrogens is 3. The van der Waals surface area contributed by atoms with Crippen LogP contribution in [0.2, 0.25) is 5.02 Å². The molecule has 0 aliphatic carbocycles. The Morgan fingerprint density at radius 1 is 1.30 bits per heavy atom. The lowest BCUT2D eigenvalue weighted by atomic mass is 10.0. The van der Waals surface area contributed by atoms with Crippen molar-refractivity contribution in [1.29, 1.82) is 0 Å². The van der Waals surface area contributed by atoms with Crippen LogP contribution in [-0.4, -0.2) is 14.8 Å². The van der Waals surface area contributed by atoms with Crippen molar-refractivity contribution >= 4 is 11.6 Å². The van der Waals surface area contributed by atoms with E-state index in [1.807, 2.05) is 23.7 Å². The molecule has 0 fully saturated rings. The summed E-state index contributed by atoms with van der Waals surface area (Å²) < 4.78 is 1.95. The van der Waals surface area contributed by atoms with Gasteiger partial charge < -0.3 is 9.88 Å². The first-order chi connectivity index (χ1) is 9.61. The van der Waals surface area contributed by atoms with Gasteiger partial charge in [0.25, 0.3) is 0 Å². The first kappa shape index (κ1) is 15.0. The van der Waals surface area contributed by atoms with Crippen molar-refractivity contribution in [3.05, 3.63) is 47.0 Å². The number of hydrogen-bond acceptors (Lipinski definition) is 3. The lowest BCUT2D eigenvalue weighted by Crippen LogP contribution is -2.26. The Labute approximate surface area is 125 Å². The van der Waals surface area contributed by atoms with E-state index in [9.17, 15) is 0 Å². The van der Waals surface area contributed by atoms with Gasteiger partial charge in [0, 0.05) is 18.1 Å². The molecule has 0 saturated carbocycles. The second-order valence-corrected chi connectivity index (χ2v) is 5.52. The average molecular weight is 293 g/mol.